The minimum atomic E-state index is -0.412. The van der Waals surface area contributed by atoms with Gasteiger partial charge in [-0.2, -0.15) is 0 Å². The van der Waals surface area contributed by atoms with Crippen LogP contribution in [0.1, 0.15) is 23.2 Å². The summed E-state index contributed by atoms with van der Waals surface area (Å²) in [5, 5.41) is 4.35. The van der Waals surface area contributed by atoms with Crippen LogP contribution >= 0.6 is 34.8 Å². The number of imidazole rings is 1. The summed E-state index contributed by atoms with van der Waals surface area (Å²) in [6.45, 7) is 0.703. The van der Waals surface area contributed by atoms with Crippen molar-refractivity contribution in [3.63, 3.8) is 0 Å². The molecule has 1 saturated heterocycles. The van der Waals surface area contributed by atoms with E-state index in [1.54, 1.807) is 53.1 Å². The molecular formula is C29H25Cl3N4O3. The normalized spacial score (nSPS) is 14.8. The van der Waals surface area contributed by atoms with Gasteiger partial charge in [0, 0.05) is 40.6 Å². The van der Waals surface area contributed by atoms with Crippen LogP contribution in [0.15, 0.2) is 79.0 Å². The number of amides is 2. The summed E-state index contributed by atoms with van der Waals surface area (Å²) in [6.07, 6.45) is 3.39. The van der Waals surface area contributed by atoms with Gasteiger partial charge in [0.25, 0.3) is 5.91 Å². The molecule has 1 aromatic heterocycles. The van der Waals surface area contributed by atoms with E-state index in [2.05, 4.69) is 10.3 Å². The molecule has 2 heterocycles. The predicted octanol–water partition coefficient (Wildman–Crippen LogP) is 6.76. The summed E-state index contributed by atoms with van der Waals surface area (Å²) < 4.78 is 7.50. The first kappa shape index (κ1) is 27.2. The Labute approximate surface area is 241 Å². The number of benzene rings is 3. The standard InChI is InChI=1S/C29H25Cl3N4O3/c30-20-12-10-19(11-13-20)26-17-36(22-6-3-5-21(31)15-22)29(33-26)34-27(37)18-35(16-23-7-4-14-39-23)28(38)24-8-1-2-9-25(24)32/h1-3,5-6,8-13,15,17,23H,4,7,14,16,18H2,(H,33,34,37)/t23-/m0/s1. The topological polar surface area (TPSA) is 76.5 Å². The molecule has 4 aromatic rings. The lowest BCUT2D eigenvalue weighted by Gasteiger charge is -2.25. The van der Waals surface area contributed by atoms with Crippen molar-refractivity contribution in [2.75, 3.05) is 25.0 Å². The van der Waals surface area contributed by atoms with Crippen molar-refractivity contribution < 1.29 is 14.3 Å². The second kappa shape index (κ2) is 12.2. The Morgan fingerprint density at radius 2 is 1.79 bits per heavy atom. The van der Waals surface area contributed by atoms with Crippen LogP contribution in [0.4, 0.5) is 5.95 Å². The molecule has 5 rings (SSSR count). The highest BCUT2D eigenvalue weighted by Crippen LogP contribution is 2.27. The van der Waals surface area contributed by atoms with E-state index in [4.69, 9.17) is 39.5 Å². The number of hydrogen-bond acceptors (Lipinski definition) is 4. The van der Waals surface area contributed by atoms with E-state index >= 15 is 0 Å². The molecule has 1 aliphatic heterocycles. The van der Waals surface area contributed by atoms with Crippen LogP contribution in [0, 0.1) is 0 Å². The van der Waals surface area contributed by atoms with Crippen LogP contribution in [-0.4, -0.2) is 52.1 Å². The molecule has 0 bridgehead atoms. The number of halogens is 3. The number of anilines is 1. The Morgan fingerprint density at radius 3 is 2.51 bits per heavy atom. The molecule has 0 spiro atoms. The van der Waals surface area contributed by atoms with E-state index in [1.165, 1.54) is 4.90 Å². The quantitative estimate of drug-likeness (QED) is 0.249. The molecule has 1 fully saturated rings. The van der Waals surface area contributed by atoms with E-state index < -0.39 is 5.91 Å². The summed E-state index contributed by atoms with van der Waals surface area (Å²) >= 11 is 18.6. The van der Waals surface area contributed by atoms with Gasteiger partial charge >= 0.3 is 0 Å². The average Bonchev–Trinajstić information content (AvgIpc) is 3.59. The highest BCUT2D eigenvalue weighted by molar-refractivity contribution is 6.34. The first-order valence-corrected chi connectivity index (χ1v) is 13.6. The fraction of sp³-hybridized carbons (Fsp3) is 0.207. The molecule has 3 aromatic carbocycles. The van der Waals surface area contributed by atoms with E-state index in [-0.39, 0.29) is 31.0 Å². The van der Waals surface area contributed by atoms with Crippen LogP contribution in [0.5, 0.6) is 0 Å². The Balaban J connectivity index is 1.43. The highest BCUT2D eigenvalue weighted by atomic mass is 35.5. The Hall–Kier alpha value is -3.36. The molecule has 0 saturated carbocycles. The molecule has 1 aliphatic rings. The van der Waals surface area contributed by atoms with Gasteiger partial charge in [-0.25, -0.2) is 4.98 Å². The summed E-state index contributed by atoms with van der Waals surface area (Å²) in [5.41, 5.74) is 2.50. The number of hydrogen-bond donors (Lipinski definition) is 1. The highest BCUT2D eigenvalue weighted by Gasteiger charge is 2.27. The summed E-state index contributed by atoms with van der Waals surface area (Å²) in [5.74, 6) is -0.467. The molecule has 0 radical (unpaired) electrons. The van der Waals surface area contributed by atoms with Gasteiger partial charge in [-0.1, -0.05) is 65.1 Å². The van der Waals surface area contributed by atoms with Gasteiger partial charge in [-0.15, -0.1) is 0 Å². The molecule has 39 heavy (non-hydrogen) atoms. The molecule has 0 aliphatic carbocycles. The molecule has 200 valence electrons. The summed E-state index contributed by atoms with van der Waals surface area (Å²) in [7, 11) is 0. The Morgan fingerprint density at radius 1 is 1.00 bits per heavy atom. The SMILES string of the molecule is O=C(CN(C[C@@H]1CCCO1)C(=O)c1ccccc1Cl)Nc1nc(-c2ccc(Cl)cc2)cn1-c1cccc(Cl)c1. The second-order valence-corrected chi connectivity index (χ2v) is 10.4. The number of carbonyl (C=O) groups excluding carboxylic acids is 2. The maximum atomic E-state index is 13.4. The predicted molar refractivity (Wildman–Crippen MR) is 154 cm³/mol. The molecule has 7 nitrogen and oxygen atoms in total. The largest absolute Gasteiger partial charge is 0.376 e. The third-order valence-electron chi connectivity index (χ3n) is 6.36. The number of carbonyl (C=O) groups is 2. The van der Waals surface area contributed by atoms with Gasteiger partial charge < -0.3 is 9.64 Å². The summed E-state index contributed by atoms with van der Waals surface area (Å²) in [4.78, 5) is 33.0. The first-order chi connectivity index (χ1) is 18.9. The van der Waals surface area contributed by atoms with E-state index in [9.17, 15) is 9.59 Å². The lowest BCUT2D eigenvalue weighted by Crippen LogP contribution is -2.42. The fourth-order valence-corrected chi connectivity index (χ4v) is 4.97. The molecule has 10 heteroatoms. The zero-order valence-electron chi connectivity index (χ0n) is 20.8. The number of nitrogens with zero attached hydrogens (tertiary/aromatic N) is 3. The van der Waals surface area contributed by atoms with E-state index in [1.807, 2.05) is 30.5 Å². The average molecular weight is 584 g/mol. The van der Waals surface area contributed by atoms with Crippen LogP contribution < -0.4 is 5.32 Å². The van der Waals surface area contributed by atoms with Gasteiger partial charge in [0.1, 0.15) is 6.54 Å². The van der Waals surface area contributed by atoms with Crippen molar-refractivity contribution in [1.82, 2.24) is 14.5 Å². The molecule has 0 unspecified atom stereocenters. The van der Waals surface area contributed by atoms with Crippen molar-refractivity contribution >= 4 is 52.6 Å². The molecule has 1 N–H and O–H groups in total. The first-order valence-electron chi connectivity index (χ1n) is 12.4. The van der Waals surface area contributed by atoms with Gasteiger partial charge in [-0.05, 0) is 55.3 Å². The molecular weight excluding hydrogens is 559 g/mol. The van der Waals surface area contributed by atoms with Crippen molar-refractivity contribution in [2.45, 2.75) is 18.9 Å². The number of nitrogens with one attached hydrogen (secondary N) is 1. The van der Waals surface area contributed by atoms with Crippen LogP contribution in [0.3, 0.4) is 0 Å². The van der Waals surface area contributed by atoms with Crippen molar-refractivity contribution in [3.8, 4) is 16.9 Å². The second-order valence-electron chi connectivity index (χ2n) is 9.16. The maximum Gasteiger partial charge on any atom is 0.255 e. The number of rotatable bonds is 8. The zero-order valence-corrected chi connectivity index (χ0v) is 23.1. The van der Waals surface area contributed by atoms with E-state index in [0.717, 1.165) is 18.4 Å². The minimum absolute atomic E-state index is 0.144. The lowest BCUT2D eigenvalue weighted by molar-refractivity contribution is -0.117. The third-order valence-corrected chi connectivity index (χ3v) is 7.17. The fourth-order valence-electron chi connectivity index (χ4n) is 4.45. The van der Waals surface area contributed by atoms with Gasteiger partial charge in [0.15, 0.2) is 0 Å². The van der Waals surface area contributed by atoms with Gasteiger partial charge in [0.2, 0.25) is 11.9 Å². The van der Waals surface area contributed by atoms with Crippen molar-refractivity contribution in [3.05, 3.63) is 99.6 Å². The Bertz CT molecular complexity index is 1480. The number of aromatic nitrogens is 2. The monoisotopic (exact) mass is 582 g/mol. The van der Waals surface area contributed by atoms with Crippen molar-refractivity contribution in [1.29, 1.82) is 0 Å². The van der Waals surface area contributed by atoms with Crippen molar-refractivity contribution in [2.24, 2.45) is 0 Å². The lowest BCUT2D eigenvalue weighted by atomic mass is 10.1. The smallest absolute Gasteiger partial charge is 0.255 e. The maximum absolute atomic E-state index is 13.4. The van der Waals surface area contributed by atoms with Crippen LogP contribution in [-0.2, 0) is 9.53 Å². The number of ether oxygens (including phenoxy) is 1. The van der Waals surface area contributed by atoms with Gasteiger partial charge in [0.05, 0.1) is 22.4 Å². The third kappa shape index (κ3) is 6.62. The van der Waals surface area contributed by atoms with Crippen LogP contribution in [0.2, 0.25) is 15.1 Å². The Kier molecular flexibility index (Phi) is 8.53. The minimum Gasteiger partial charge on any atom is -0.376 e. The molecule has 2 amide bonds. The van der Waals surface area contributed by atoms with Gasteiger partial charge in [-0.3, -0.25) is 19.5 Å². The van der Waals surface area contributed by atoms with Crippen LogP contribution in [0.25, 0.3) is 16.9 Å². The van der Waals surface area contributed by atoms with E-state index in [0.29, 0.717) is 38.6 Å². The zero-order chi connectivity index (χ0) is 27.4. The molecule has 1 atom stereocenters. The summed E-state index contributed by atoms with van der Waals surface area (Å²) in [6, 6.07) is 21.3.